The Balaban J connectivity index is 2.05. The summed E-state index contributed by atoms with van der Waals surface area (Å²) in [7, 11) is 0. The molecule has 0 aliphatic heterocycles. The molecule has 0 N–H and O–H groups in total. The molecule has 1 aliphatic carbocycles. The van der Waals surface area contributed by atoms with Crippen molar-refractivity contribution in [3.05, 3.63) is 29.8 Å². The lowest BCUT2D eigenvalue weighted by molar-refractivity contribution is -0.141. The van der Waals surface area contributed by atoms with Gasteiger partial charge in [-0.3, -0.25) is 4.79 Å². The topological polar surface area (TPSA) is 26.3 Å². The molecule has 0 amide bonds. The van der Waals surface area contributed by atoms with Gasteiger partial charge in [0.15, 0.2) is 0 Å². The Bertz CT molecular complexity index is 353. The number of aryl methyl sites for hydroxylation is 1. The van der Waals surface area contributed by atoms with Gasteiger partial charge in [-0.15, -0.1) is 0 Å². The van der Waals surface area contributed by atoms with Crippen LogP contribution in [-0.4, -0.2) is 5.97 Å². The van der Waals surface area contributed by atoms with Crippen LogP contribution in [0, 0.1) is 5.92 Å². The molecule has 15 heavy (non-hydrogen) atoms. The summed E-state index contributed by atoms with van der Waals surface area (Å²) < 4.78 is 5.40. The first-order valence-electron chi connectivity index (χ1n) is 5.61. The van der Waals surface area contributed by atoms with E-state index in [0.29, 0.717) is 0 Å². The Labute approximate surface area is 90.3 Å². The second kappa shape index (κ2) is 4.47. The van der Waals surface area contributed by atoms with Crippen molar-refractivity contribution in [3.8, 4) is 5.75 Å². The van der Waals surface area contributed by atoms with Crippen molar-refractivity contribution in [1.29, 1.82) is 0 Å². The summed E-state index contributed by atoms with van der Waals surface area (Å²) >= 11 is 0. The summed E-state index contributed by atoms with van der Waals surface area (Å²) in [5.74, 6) is 0.828. The molecule has 2 rings (SSSR count). The zero-order chi connectivity index (χ0) is 10.7. The Morgan fingerprint density at radius 2 is 2.13 bits per heavy atom. The summed E-state index contributed by atoms with van der Waals surface area (Å²) in [4.78, 5) is 11.6. The number of para-hydroxylation sites is 1. The van der Waals surface area contributed by atoms with Gasteiger partial charge in [-0.2, -0.15) is 0 Å². The van der Waals surface area contributed by atoms with E-state index in [1.54, 1.807) is 0 Å². The summed E-state index contributed by atoms with van der Waals surface area (Å²) in [5.41, 5.74) is 1.10. The van der Waals surface area contributed by atoms with Crippen molar-refractivity contribution in [2.45, 2.75) is 32.6 Å². The molecule has 1 aromatic rings. The smallest absolute Gasteiger partial charge is 0.314 e. The molecule has 1 saturated carbocycles. The number of carbonyl (C=O) groups is 1. The molecule has 80 valence electrons. The average molecular weight is 204 g/mol. The predicted molar refractivity (Wildman–Crippen MR) is 58.8 cm³/mol. The molecule has 1 aliphatic rings. The summed E-state index contributed by atoms with van der Waals surface area (Å²) in [5, 5.41) is 0. The van der Waals surface area contributed by atoms with Gasteiger partial charge in [0.25, 0.3) is 0 Å². The lowest BCUT2D eigenvalue weighted by Gasteiger charge is -2.23. The van der Waals surface area contributed by atoms with E-state index in [1.807, 2.05) is 24.3 Å². The van der Waals surface area contributed by atoms with Gasteiger partial charge in [0.1, 0.15) is 5.75 Å². The van der Waals surface area contributed by atoms with Crippen LogP contribution in [0.2, 0.25) is 0 Å². The minimum Gasteiger partial charge on any atom is -0.426 e. The van der Waals surface area contributed by atoms with Crippen molar-refractivity contribution in [1.82, 2.24) is 0 Å². The molecule has 1 aromatic carbocycles. The van der Waals surface area contributed by atoms with Crippen LogP contribution in [0.15, 0.2) is 24.3 Å². The zero-order valence-corrected chi connectivity index (χ0v) is 9.03. The van der Waals surface area contributed by atoms with Crippen LogP contribution >= 0.6 is 0 Å². The number of hydrogen-bond acceptors (Lipinski definition) is 2. The minimum atomic E-state index is -0.0536. The van der Waals surface area contributed by atoms with Gasteiger partial charge in [-0.1, -0.05) is 31.5 Å². The fraction of sp³-hybridized carbons (Fsp3) is 0.462. The molecule has 0 unspecified atom stereocenters. The molecular formula is C13H16O2. The van der Waals surface area contributed by atoms with Gasteiger partial charge in [-0.05, 0) is 30.9 Å². The van der Waals surface area contributed by atoms with Crippen LogP contribution in [0.25, 0.3) is 0 Å². The van der Waals surface area contributed by atoms with Gasteiger partial charge >= 0.3 is 5.97 Å². The maximum absolute atomic E-state index is 11.6. The highest BCUT2D eigenvalue weighted by Crippen LogP contribution is 2.29. The molecule has 0 radical (unpaired) electrons. The van der Waals surface area contributed by atoms with E-state index in [1.165, 1.54) is 0 Å². The van der Waals surface area contributed by atoms with Crippen molar-refractivity contribution >= 4 is 5.97 Å². The molecule has 0 atom stereocenters. The molecule has 2 heteroatoms. The second-order valence-electron chi connectivity index (χ2n) is 4.01. The molecule has 1 fully saturated rings. The van der Waals surface area contributed by atoms with Gasteiger partial charge in [0.2, 0.25) is 0 Å². The first kappa shape index (κ1) is 10.2. The first-order chi connectivity index (χ1) is 7.31. The van der Waals surface area contributed by atoms with Crippen LogP contribution in [0.5, 0.6) is 5.75 Å². The average Bonchev–Trinajstić information content (AvgIpc) is 2.15. The number of rotatable bonds is 3. The largest absolute Gasteiger partial charge is 0.426 e. The van der Waals surface area contributed by atoms with Gasteiger partial charge < -0.3 is 4.74 Å². The highest BCUT2D eigenvalue weighted by molar-refractivity contribution is 5.76. The van der Waals surface area contributed by atoms with Crippen molar-refractivity contribution in [2.24, 2.45) is 5.92 Å². The molecule has 0 bridgehead atoms. The lowest BCUT2D eigenvalue weighted by Crippen LogP contribution is -2.26. The standard InChI is InChI=1S/C13H16O2/c1-2-10-6-3-4-9-12(10)15-13(14)11-7-5-8-11/h3-4,6,9,11H,2,5,7-8H2,1H3. The molecule has 0 heterocycles. The third-order valence-corrected chi connectivity index (χ3v) is 3.00. The number of esters is 1. The third kappa shape index (κ3) is 2.20. The summed E-state index contributed by atoms with van der Waals surface area (Å²) in [6.45, 7) is 2.07. The van der Waals surface area contributed by atoms with Crippen molar-refractivity contribution in [2.75, 3.05) is 0 Å². The number of carbonyl (C=O) groups excluding carboxylic acids is 1. The van der Waals surface area contributed by atoms with E-state index < -0.39 is 0 Å². The van der Waals surface area contributed by atoms with Gasteiger partial charge in [-0.25, -0.2) is 0 Å². The maximum Gasteiger partial charge on any atom is 0.314 e. The monoisotopic (exact) mass is 204 g/mol. The molecule has 2 nitrogen and oxygen atoms in total. The Kier molecular flexibility index (Phi) is 3.05. The highest BCUT2D eigenvalue weighted by Gasteiger charge is 2.27. The zero-order valence-electron chi connectivity index (χ0n) is 9.03. The lowest BCUT2D eigenvalue weighted by atomic mass is 9.86. The normalized spacial score (nSPS) is 15.8. The van der Waals surface area contributed by atoms with E-state index in [0.717, 1.165) is 37.0 Å². The highest BCUT2D eigenvalue weighted by atomic mass is 16.5. The van der Waals surface area contributed by atoms with E-state index >= 15 is 0 Å². The number of hydrogen-bond donors (Lipinski definition) is 0. The minimum absolute atomic E-state index is 0.0536. The Morgan fingerprint density at radius 3 is 2.73 bits per heavy atom. The van der Waals surface area contributed by atoms with E-state index in [2.05, 4.69) is 6.92 Å². The number of ether oxygens (including phenoxy) is 1. The quantitative estimate of drug-likeness (QED) is 0.559. The first-order valence-corrected chi connectivity index (χ1v) is 5.61. The predicted octanol–water partition coefficient (Wildman–Crippen LogP) is 2.95. The van der Waals surface area contributed by atoms with Crippen LogP contribution in [0.4, 0.5) is 0 Å². The fourth-order valence-electron chi connectivity index (χ4n) is 1.73. The van der Waals surface area contributed by atoms with Gasteiger partial charge in [0.05, 0.1) is 5.92 Å². The fourth-order valence-corrected chi connectivity index (χ4v) is 1.73. The molecule has 0 aromatic heterocycles. The van der Waals surface area contributed by atoms with E-state index in [4.69, 9.17) is 4.74 Å². The van der Waals surface area contributed by atoms with Crippen LogP contribution < -0.4 is 4.74 Å². The maximum atomic E-state index is 11.6. The third-order valence-electron chi connectivity index (χ3n) is 3.00. The number of benzene rings is 1. The van der Waals surface area contributed by atoms with Gasteiger partial charge in [0, 0.05) is 0 Å². The van der Waals surface area contributed by atoms with Crippen LogP contribution in [-0.2, 0) is 11.2 Å². The second-order valence-corrected chi connectivity index (χ2v) is 4.01. The van der Waals surface area contributed by atoms with Crippen LogP contribution in [0.1, 0.15) is 31.7 Å². The SMILES string of the molecule is CCc1ccccc1OC(=O)C1CCC1. The molecule has 0 spiro atoms. The van der Waals surface area contributed by atoms with E-state index in [9.17, 15) is 4.79 Å². The molecule has 0 saturated heterocycles. The Morgan fingerprint density at radius 1 is 1.40 bits per heavy atom. The summed E-state index contributed by atoms with van der Waals surface area (Å²) in [6, 6.07) is 7.75. The van der Waals surface area contributed by atoms with E-state index in [-0.39, 0.29) is 11.9 Å². The van der Waals surface area contributed by atoms with Crippen LogP contribution in [0.3, 0.4) is 0 Å². The summed E-state index contributed by atoms with van der Waals surface area (Å²) in [6.07, 6.45) is 4.05. The van der Waals surface area contributed by atoms with Crippen molar-refractivity contribution < 1.29 is 9.53 Å². The van der Waals surface area contributed by atoms with Crippen molar-refractivity contribution in [3.63, 3.8) is 0 Å². The Hall–Kier alpha value is -1.31. The molecular weight excluding hydrogens is 188 g/mol.